The first-order valence-corrected chi connectivity index (χ1v) is 4.88. The lowest BCUT2D eigenvalue weighted by Gasteiger charge is -2.03. The van der Waals surface area contributed by atoms with Gasteiger partial charge in [-0.1, -0.05) is 23.2 Å². The molecule has 1 aliphatic rings. The van der Waals surface area contributed by atoms with E-state index in [1.54, 1.807) is 0 Å². The number of nitrogens with zero attached hydrogens (tertiary/aromatic N) is 1. The van der Waals surface area contributed by atoms with E-state index in [9.17, 15) is 4.79 Å². The lowest BCUT2D eigenvalue weighted by molar-refractivity contribution is -0.138. The van der Waals surface area contributed by atoms with E-state index >= 15 is 0 Å². The minimum atomic E-state index is -0.793. The summed E-state index contributed by atoms with van der Waals surface area (Å²) in [5, 5.41) is 9.67. The number of aromatic nitrogens is 1. The van der Waals surface area contributed by atoms with Gasteiger partial charge in [0.05, 0.1) is 16.0 Å². The van der Waals surface area contributed by atoms with E-state index < -0.39 is 5.97 Å². The van der Waals surface area contributed by atoms with E-state index in [0.29, 0.717) is 16.5 Å². The second-order valence-corrected chi connectivity index (χ2v) is 4.12. The van der Waals surface area contributed by atoms with Crippen LogP contribution < -0.4 is 0 Å². The van der Waals surface area contributed by atoms with Gasteiger partial charge in [-0.2, -0.15) is 0 Å². The van der Waals surface area contributed by atoms with E-state index in [0.717, 1.165) is 5.56 Å². The zero-order chi connectivity index (χ0) is 10.3. The third kappa shape index (κ3) is 1.57. The summed E-state index contributed by atoms with van der Waals surface area (Å²) in [4.78, 5) is 14.5. The molecule has 0 radical (unpaired) electrons. The van der Waals surface area contributed by atoms with Crippen LogP contribution in [-0.2, 0) is 4.79 Å². The van der Waals surface area contributed by atoms with E-state index in [2.05, 4.69) is 4.98 Å². The molecule has 0 aliphatic heterocycles. The van der Waals surface area contributed by atoms with E-state index in [4.69, 9.17) is 28.3 Å². The molecular weight excluding hydrogens is 225 g/mol. The van der Waals surface area contributed by atoms with E-state index in [1.165, 1.54) is 12.4 Å². The summed E-state index contributed by atoms with van der Waals surface area (Å²) >= 11 is 11.8. The standard InChI is InChI=1S/C9H7Cl2NO2/c10-6-2-12-3-7(11)8(6)4-1-5(4)9(13)14/h2-5H,1H2,(H,13,14). The molecule has 2 rings (SSSR count). The molecule has 0 aromatic carbocycles. The molecule has 1 heterocycles. The monoisotopic (exact) mass is 231 g/mol. The minimum absolute atomic E-state index is 0.0458. The maximum atomic E-state index is 10.7. The normalized spacial score (nSPS) is 24.7. The van der Waals surface area contributed by atoms with Crippen molar-refractivity contribution in [3.05, 3.63) is 28.0 Å². The van der Waals surface area contributed by atoms with Crippen molar-refractivity contribution in [1.29, 1.82) is 0 Å². The molecule has 0 amide bonds. The molecule has 2 atom stereocenters. The highest BCUT2D eigenvalue weighted by atomic mass is 35.5. The Bertz CT molecular complexity index is 374. The smallest absolute Gasteiger partial charge is 0.307 e. The van der Waals surface area contributed by atoms with Crippen molar-refractivity contribution in [3.63, 3.8) is 0 Å². The Morgan fingerprint density at radius 2 is 2.00 bits per heavy atom. The summed E-state index contributed by atoms with van der Waals surface area (Å²) in [6.07, 6.45) is 3.58. The molecule has 3 nitrogen and oxygen atoms in total. The van der Waals surface area contributed by atoms with E-state index in [-0.39, 0.29) is 11.8 Å². The van der Waals surface area contributed by atoms with Crippen LogP contribution in [0.4, 0.5) is 0 Å². The number of hydrogen-bond donors (Lipinski definition) is 1. The summed E-state index contributed by atoms with van der Waals surface area (Å²) in [7, 11) is 0. The molecule has 2 unspecified atom stereocenters. The summed E-state index contributed by atoms with van der Waals surface area (Å²) in [5.41, 5.74) is 0.718. The maximum Gasteiger partial charge on any atom is 0.307 e. The van der Waals surface area contributed by atoms with Crippen LogP contribution in [0.5, 0.6) is 0 Å². The number of halogens is 2. The largest absolute Gasteiger partial charge is 0.481 e. The fourth-order valence-corrected chi connectivity index (χ4v) is 2.21. The lowest BCUT2D eigenvalue weighted by atomic mass is 10.1. The van der Waals surface area contributed by atoms with Crippen molar-refractivity contribution >= 4 is 29.2 Å². The SMILES string of the molecule is O=C(O)C1CC1c1c(Cl)cncc1Cl. The molecule has 1 fully saturated rings. The van der Waals surface area contributed by atoms with Crippen LogP contribution in [0, 0.1) is 5.92 Å². The topological polar surface area (TPSA) is 50.2 Å². The third-order valence-corrected chi connectivity index (χ3v) is 2.97. The summed E-state index contributed by atoms with van der Waals surface area (Å²) in [6.45, 7) is 0. The highest BCUT2D eigenvalue weighted by Crippen LogP contribution is 2.51. The van der Waals surface area contributed by atoms with Crippen LogP contribution in [0.3, 0.4) is 0 Å². The third-order valence-electron chi connectivity index (χ3n) is 2.37. The molecule has 0 spiro atoms. The molecule has 1 N–H and O–H groups in total. The van der Waals surface area contributed by atoms with Crippen LogP contribution >= 0.6 is 23.2 Å². The van der Waals surface area contributed by atoms with Crippen molar-refractivity contribution in [2.75, 3.05) is 0 Å². The number of carboxylic acid groups (broad SMARTS) is 1. The van der Waals surface area contributed by atoms with Crippen molar-refractivity contribution in [2.45, 2.75) is 12.3 Å². The zero-order valence-corrected chi connectivity index (χ0v) is 8.59. The van der Waals surface area contributed by atoms with Crippen LogP contribution in [-0.4, -0.2) is 16.1 Å². The van der Waals surface area contributed by atoms with Gasteiger partial charge >= 0.3 is 5.97 Å². The van der Waals surface area contributed by atoms with E-state index in [1.807, 2.05) is 0 Å². The second kappa shape index (κ2) is 3.41. The highest BCUT2D eigenvalue weighted by Gasteiger charge is 2.46. The molecular formula is C9H7Cl2NO2. The van der Waals surface area contributed by atoms with Crippen molar-refractivity contribution in [2.24, 2.45) is 5.92 Å². The summed E-state index contributed by atoms with van der Waals surface area (Å²) in [6, 6.07) is 0. The first-order valence-electron chi connectivity index (χ1n) is 4.13. The van der Waals surface area contributed by atoms with Gasteiger partial charge < -0.3 is 5.11 Å². The van der Waals surface area contributed by atoms with Gasteiger partial charge in [-0.3, -0.25) is 9.78 Å². The number of carboxylic acids is 1. The highest BCUT2D eigenvalue weighted by molar-refractivity contribution is 6.36. The van der Waals surface area contributed by atoms with Crippen LogP contribution in [0.2, 0.25) is 10.0 Å². The Balaban J connectivity index is 2.31. The van der Waals surface area contributed by atoms with Crippen LogP contribution in [0.25, 0.3) is 0 Å². The molecule has 1 aliphatic carbocycles. The Morgan fingerprint density at radius 3 is 2.43 bits per heavy atom. The first kappa shape index (κ1) is 9.74. The van der Waals surface area contributed by atoms with Crippen molar-refractivity contribution in [1.82, 2.24) is 4.98 Å². The fourth-order valence-electron chi connectivity index (χ4n) is 1.56. The minimum Gasteiger partial charge on any atom is -0.481 e. The molecule has 0 bridgehead atoms. The van der Waals surface area contributed by atoms with Gasteiger partial charge in [0.25, 0.3) is 0 Å². The van der Waals surface area contributed by atoms with Gasteiger partial charge in [0.15, 0.2) is 0 Å². The Kier molecular flexibility index (Phi) is 2.37. The second-order valence-electron chi connectivity index (χ2n) is 3.30. The number of pyridine rings is 1. The quantitative estimate of drug-likeness (QED) is 0.852. The summed E-state index contributed by atoms with van der Waals surface area (Å²) < 4.78 is 0. The van der Waals surface area contributed by atoms with Crippen LogP contribution in [0.1, 0.15) is 17.9 Å². The number of rotatable bonds is 2. The Hall–Kier alpha value is -0.800. The number of carbonyl (C=O) groups is 1. The molecule has 5 heteroatoms. The Morgan fingerprint density at radius 1 is 1.43 bits per heavy atom. The summed E-state index contributed by atoms with van der Waals surface area (Å²) in [5.74, 6) is -1.18. The predicted molar refractivity (Wildman–Crippen MR) is 52.7 cm³/mol. The maximum absolute atomic E-state index is 10.7. The molecule has 1 saturated carbocycles. The number of aliphatic carboxylic acids is 1. The first-order chi connectivity index (χ1) is 6.61. The zero-order valence-electron chi connectivity index (χ0n) is 7.08. The van der Waals surface area contributed by atoms with Crippen molar-refractivity contribution < 1.29 is 9.90 Å². The Labute approximate surface area is 90.7 Å². The van der Waals surface area contributed by atoms with Gasteiger partial charge in [0.1, 0.15) is 0 Å². The molecule has 0 saturated heterocycles. The van der Waals surface area contributed by atoms with Gasteiger partial charge in [0, 0.05) is 18.3 Å². The molecule has 14 heavy (non-hydrogen) atoms. The van der Waals surface area contributed by atoms with Gasteiger partial charge in [0.2, 0.25) is 0 Å². The van der Waals surface area contributed by atoms with Gasteiger partial charge in [-0.05, 0) is 12.0 Å². The van der Waals surface area contributed by atoms with Crippen molar-refractivity contribution in [3.8, 4) is 0 Å². The molecule has 74 valence electrons. The van der Waals surface area contributed by atoms with Gasteiger partial charge in [-0.15, -0.1) is 0 Å². The number of hydrogen-bond acceptors (Lipinski definition) is 2. The molecule has 1 aromatic rings. The predicted octanol–water partition coefficient (Wildman–Crippen LogP) is 2.58. The average molecular weight is 232 g/mol. The van der Waals surface area contributed by atoms with Gasteiger partial charge in [-0.25, -0.2) is 0 Å². The van der Waals surface area contributed by atoms with Crippen LogP contribution in [0.15, 0.2) is 12.4 Å². The average Bonchev–Trinajstić information content (AvgIpc) is 2.83. The molecule has 1 aromatic heterocycles. The fraction of sp³-hybridized carbons (Fsp3) is 0.333. The lowest BCUT2D eigenvalue weighted by Crippen LogP contribution is -1.99.